The molecule has 0 unspecified atom stereocenters. The second kappa shape index (κ2) is 6.59. The number of nitrogens with one attached hydrogen (secondary N) is 1. The average molecular weight is 322 g/mol. The first kappa shape index (κ1) is 16.0. The smallest absolute Gasteiger partial charge is 0.315 e. The van der Waals surface area contributed by atoms with Gasteiger partial charge in [-0.05, 0) is 19.3 Å². The van der Waals surface area contributed by atoms with E-state index in [1.165, 1.54) is 11.3 Å². The van der Waals surface area contributed by atoms with Gasteiger partial charge in [0.25, 0.3) is 0 Å². The Morgan fingerprint density at radius 1 is 1.43 bits per heavy atom. The SMILES string of the molecule is CCCCN(CC(F)(F)F)C(=O)Nc1nnc(C2CC2)s1. The van der Waals surface area contributed by atoms with Crippen LogP contribution in [-0.4, -0.2) is 40.4 Å². The molecular formula is C12H17F3N4OS. The van der Waals surface area contributed by atoms with E-state index < -0.39 is 18.8 Å². The molecule has 1 saturated carbocycles. The summed E-state index contributed by atoms with van der Waals surface area (Å²) in [6, 6.07) is -0.778. The maximum atomic E-state index is 12.5. The number of unbranched alkanes of at least 4 members (excludes halogenated alkanes) is 1. The largest absolute Gasteiger partial charge is 0.406 e. The van der Waals surface area contributed by atoms with Crippen molar-refractivity contribution >= 4 is 22.5 Å². The van der Waals surface area contributed by atoms with Gasteiger partial charge >= 0.3 is 12.2 Å². The van der Waals surface area contributed by atoms with Crippen molar-refractivity contribution in [1.82, 2.24) is 15.1 Å². The molecule has 1 fully saturated rings. The number of halogens is 3. The Labute approximate surface area is 124 Å². The van der Waals surface area contributed by atoms with Crippen molar-refractivity contribution in [2.75, 3.05) is 18.4 Å². The van der Waals surface area contributed by atoms with Gasteiger partial charge in [0.2, 0.25) is 5.13 Å². The van der Waals surface area contributed by atoms with E-state index in [9.17, 15) is 18.0 Å². The topological polar surface area (TPSA) is 58.1 Å². The Balaban J connectivity index is 1.95. The van der Waals surface area contributed by atoms with Crippen LogP contribution in [0.25, 0.3) is 0 Å². The second-order valence-electron chi connectivity index (χ2n) is 5.04. The highest BCUT2D eigenvalue weighted by molar-refractivity contribution is 7.15. The molecule has 2 rings (SSSR count). The van der Waals surface area contributed by atoms with E-state index in [0.717, 1.165) is 22.7 Å². The lowest BCUT2D eigenvalue weighted by atomic mass is 10.3. The Morgan fingerprint density at radius 3 is 2.71 bits per heavy atom. The molecule has 0 radical (unpaired) electrons. The quantitative estimate of drug-likeness (QED) is 0.870. The van der Waals surface area contributed by atoms with Gasteiger partial charge in [0.05, 0.1) is 0 Å². The molecule has 1 aromatic rings. The Kier molecular flexibility index (Phi) is 5.02. The summed E-state index contributed by atoms with van der Waals surface area (Å²) in [4.78, 5) is 12.7. The number of hydrogen-bond acceptors (Lipinski definition) is 4. The number of nitrogens with zero attached hydrogens (tertiary/aromatic N) is 3. The van der Waals surface area contributed by atoms with E-state index in [2.05, 4.69) is 15.5 Å². The summed E-state index contributed by atoms with van der Waals surface area (Å²) in [5, 5.41) is 11.2. The fourth-order valence-electron chi connectivity index (χ4n) is 1.77. The molecule has 1 heterocycles. The number of alkyl halides is 3. The summed E-state index contributed by atoms with van der Waals surface area (Å²) < 4.78 is 37.5. The average Bonchev–Trinajstić information content (AvgIpc) is 3.14. The molecule has 0 saturated heterocycles. The van der Waals surface area contributed by atoms with Crippen LogP contribution < -0.4 is 5.32 Å². The maximum absolute atomic E-state index is 12.5. The molecule has 118 valence electrons. The van der Waals surface area contributed by atoms with Crippen molar-refractivity contribution in [3.8, 4) is 0 Å². The number of carbonyl (C=O) groups excluding carboxylic acids is 1. The molecule has 1 aliphatic carbocycles. The van der Waals surface area contributed by atoms with Gasteiger partial charge in [-0.2, -0.15) is 13.2 Å². The van der Waals surface area contributed by atoms with Crippen LogP contribution in [0.4, 0.5) is 23.1 Å². The highest BCUT2D eigenvalue weighted by Crippen LogP contribution is 2.42. The van der Waals surface area contributed by atoms with E-state index in [1.54, 1.807) is 0 Å². The van der Waals surface area contributed by atoms with Gasteiger partial charge in [-0.1, -0.05) is 24.7 Å². The van der Waals surface area contributed by atoms with E-state index >= 15 is 0 Å². The summed E-state index contributed by atoms with van der Waals surface area (Å²) >= 11 is 1.23. The summed E-state index contributed by atoms with van der Waals surface area (Å²) in [5.41, 5.74) is 0. The van der Waals surface area contributed by atoms with Crippen LogP contribution in [0.2, 0.25) is 0 Å². The van der Waals surface area contributed by atoms with Gasteiger partial charge in [-0.25, -0.2) is 4.79 Å². The third-order valence-corrected chi connectivity index (χ3v) is 4.02. The second-order valence-corrected chi connectivity index (χ2v) is 6.05. The molecule has 5 nitrogen and oxygen atoms in total. The van der Waals surface area contributed by atoms with Gasteiger partial charge in [0, 0.05) is 12.5 Å². The zero-order chi connectivity index (χ0) is 15.5. The standard InChI is InChI=1S/C12H17F3N4OS/c1-2-3-6-19(7-12(13,14)15)11(20)16-10-18-17-9(21-10)8-4-5-8/h8H,2-7H2,1H3,(H,16,18,20). The number of carbonyl (C=O) groups is 1. The number of anilines is 1. The van der Waals surface area contributed by atoms with Crippen LogP contribution in [-0.2, 0) is 0 Å². The van der Waals surface area contributed by atoms with Crippen molar-refractivity contribution in [2.45, 2.75) is 44.7 Å². The van der Waals surface area contributed by atoms with Crippen LogP contribution in [0.1, 0.15) is 43.5 Å². The Hall–Kier alpha value is -1.38. The summed E-state index contributed by atoms with van der Waals surface area (Å²) in [6.07, 6.45) is -1.07. The van der Waals surface area contributed by atoms with Crippen LogP contribution in [0.3, 0.4) is 0 Å². The van der Waals surface area contributed by atoms with Crippen molar-refractivity contribution < 1.29 is 18.0 Å². The minimum Gasteiger partial charge on any atom is -0.315 e. The molecule has 0 aromatic carbocycles. The van der Waals surface area contributed by atoms with E-state index in [-0.39, 0.29) is 11.7 Å². The number of rotatable bonds is 6. The van der Waals surface area contributed by atoms with Crippen molar-refractivity contribution in [3.05, 3.63) is 5.01 Å². The zero-order valence-electron chi connectivity index (χ0n) is 11.6. The monoisotopic (exact) mass is 322 g/mol. The van der Waals surface area contributed by atoms with Gasteiger partial charge in [0.1, 0.15) is 11.6 Å². The highest BCUT2D eigenvalue weighted by Gasteiger charge is 2.33. The van der Waals surface area contributed by atoms with Gasteiger partial charge in [-0.3, -0.25) is 5.32 Å². The van der Waals surface area contributed by atoms with Gasteiger partial charge < -0.3 is 4.90 Å². The molecule has 0 atom stereocenters. The van der Waals surface area contributed by atoms with Crippen LogP contribution in [0.15, 0.2) is 0 Å². The van der Waals surface area contributed by atoms with Crippen LogP contribution in [0.5, 0.6) is 0 Å². The van der Waals surface area contributed by atoms with Crippen molar-refractivity contribution in [3.63, 3.8) is 0 Å². The summed E-state index contributed by atoms with van der Waals surface area (Å²) in [7, 11) is 0. The van der Waals surface area contributed by atoms with Gasteiger partial charge in [0.15, 0.2) is 0 Å². The number of hydrogen-bond donors (Lipinski definition) is 1. The fourth-order valence-corrected chi connectivity index (χ4v) is 2.67. The summed E-state index contributed by atoms with van der Waals surface area (Å²) in [5.74, 6) is 0.402. The van der Waals surface area contributed by atoms with E-state index in [4.69, 9.17) is 0 Å². The highest BCUT2D eigenvalue weighted by atomic mass is 32.1. The fraction of sp³-hybridized carbons (Fsp3) is 0.750. The minimum absolute atomic E-state index is 0.0656. The number of amides is 2. The Bertz CT molecular complexity index is 487. The molecule has 0 spiro atoms. The van der Waals surface area contributed by atoms with Crippen LogP contribution >= 0.6 is 11.3 Å². The minimum atomic E-state index is -4.41. The molecular weight excluding hydrogens is 305 g/mol. The van der Waals surface area contributed by atoms with E-state index in [0.29, 0.717) is 18.8 Å². The lowest BCUT2D eigenvalue weighted by Crippen LogP contribution is -2.42. The van der Waals surface area contributed by atoms with E-state index in [1.807, 2.05) is 6.92 Å². The predicted molar refractivity (Wildman–Crippen MR) is 73.4 cm³/mol. The predicted octanol–water partition coefficient (Wildman–Crippen LogP) is 3.61. The molecule has 0 aliphatic heterocycles. The van der Waals surface area contributed by atoms with Gasteiger partial charge in [-0.15, -0.1) is 10.2 Å². The molecule has 0 bridgehead atoms. The maximum Gasteiger partial charge on any atom is 0.406 e. The first-order valence-corrected chi connectivity index (χ1v) is 7.66. The summed E-state index contributed by atoms with van der Waals surface area (Å²) in [6.45, 7) is 0.666. The Morgan fingerprint density at radius 2 is 2.14 bits per heavy atom. The first-order valence-electron chi connectivity index (χ1n) is 6.85. The number of urea groups is 1. The molecule has 1 aliphatic rings. The molecule has 1 N–H and O–H groups in total. The normalized spacial score (nSPS) is 15.0. The van der Waals surface area contributed by atoms with Crippen molar-refractivity contribution in [1.29, 1.82) is 0 Å². The number of aromatic nitrogens is 2. The zero-order valence-corrected chi connectivity index (χ0v) is 12.4. The van der Waals surface area contributed by atoms with Crippen molar-refractivity contribution in [2.24, 2.45) is 0 Å². The van der Waals surface area contributed by atoms with Crippen LogP contribution in [0, 0.1) is 0 Å². The molecule has 2 amide bonds. The lowest BCUT2D eigenvalue weighted by molar-refractivity contribution is -0.139. The third kappa shape index (κ3) is 5.14. The molecule has 21 heavy (non-hydrogen) atoms. The molecule has 9 heteroatoms. The first-order chi connectivity index (χ1) is 9.89. The lowest BCUT2D eigenvalue weighted by Gasteiger charge is -2.23. The third-order valence-electron chi connectivity index (χ3n) is 3.02. The molecule has 1 aromatic heterocycles.